The Morgan fingerprint density at radius 1 is 1.28 bits per heavy atom. The van der Waals surface area contributed by atoms with Crippen molar-refractivity contribution in [1.29, 1.82) is 0 Å². The third-order valence-electron chi connectivity index (χ3n) is 4.51. The summed E-state index contributed by atoms with van der Waals surface area (Å²) in [5.74, 6) is 0.446. The molecule has 4 heteroatoms. The fourth-order valence-corrected chi connectivity index (χ4v) is 2.77. The molecule has 0 aromatic rings. The van der Waals surface area contributed by atoms with Gasteiger partial charge in [-0.25, -0.2) is 0 Å². The minimum Gasteiger partial charge on any atom is -0.352 e. The molecule has 1 saturated heterocycles. The number of nitrogens with two attached hydrogens (primary N) is 1. The van der Waals surface area contributed by atoms with Gasteiger partial charge in [0.15, 0.2) is 0 Å². The molecule has 1 aliphatic heterocycles. The van der Waals surface area contributed by atoms with Crippen LogP contribution in [0.15, 0.2) is 0 Å². The van der Waals surface area contributed by atoms with E-state index in [4.69, 9.17) is 5.73 Å². The fourth-order valence-electron chi connectivity index (χ4n) is 2.77. The van der Waals surface area contributed by atoms with Crippen molar-refractivity contribution in [2.24, 2.45) is 11.7 Å². The van der Waals surface area contributed by atoms with Gasteiger partial charge in [0, 0.05) is 25.2 Å². The zero-order valence-electron chi connectivity index (χ0n) is 11.9. The smallest absolute Gasteiger partial charge is 0.240 e. The topological polar surface area (TPSA) is 58.4 Å². The predicted octanol–water partition coefficient (Wildman–Crippen LogP) is 1.10. The number of hydrogen-bond acceptors (Lipinski definition) is 3. The molecule has 1 unspecified atom stereocenters. The summed E-state index contributed by atoms with van der Waals surface area (Å²) < 4.78 is 0. The molecule has 1 atom stereocenters. The maximum Gasteiger partial charge on any atom is 0.240 e. The van der Waals surface area contributed by atoms with Crippen LogP contribution in [-0.2, 0) is 4.79 Å². The first-order chi connectivity index (χ1) is 8.41. The van der Waals surface area contributed by atoms with Crippen molar-refractivity contribution in [3.63, 3.8) is 0 Å². The van der Waals surface area contributed by atoms with Gasteiger partial charge in [0.05, 0.1) is 5.54 Å². The van der Waals surface area contributed by atoms with Crippen LogP contribution in [-0.4, -0.2) is 41.5 Å². The predicted molar refractivity (Wildman–Crippen MR) is 73.2 cm³/mol. The molecule has 4 nitrogen and oxygen atoms in total. The molecular weight excluding hydrogens is 226 g/mol. The second-order valence-electron chi connectivity index (χ2n) is 6.43. The van der Waals surface area contributed by atoms with E-state index in [2.05, 4.69) is 24.1 Å². The average Bonchev–Trinajstić information content (AvgIpc) is 3.13. The summed E-state index contributed by atoms with van der Waals surface area (Å²) in [6, 6.07) is 0.919. The largest absolute Gasteiger partial charge is 0.352 e. The Kier molecular flexibility index (Phi) is 3.97. The van der Waals surface area contributed by atoms with E-state index in [0.717, 1.165) is 38.8 Å². The molecule has 2 fully saturated rings. The van der Waals surface area contributed by atoms with Gasteiger partial charge < -0.3 is 16.0 Å². The van der Waals surface area contributed by atoms with Crippen molar-refractivity contribution >= 4 is 5.91 Å². The summed E-state index contributed by atoms with van der Waals surface area (Å²) in [5, 5.41) is 3.15. The Labute approximate surface area is 110 Å². The van der Waals surface area contributed by atoms with Gasteiger partial charge in [0.1, 0.15) is 0 Å². The fraction of sp³-hybridized carbons (Fsp3) is 0.929. The Morgan fingerprint density at radius 3 is 2.28 bits per heavy atom. The van der Waals surface area contributed by atoms with Crippen LogP contribution in [0.25, 0.3) is 0 Å². The maximum absolute atomic E-state index is 12.2. The van der Waals surface area contributed by atoms with E-state index in [1.54, 1.807) is 0 Å². The lowest BCUT2D eigenvalue weighted by atomic mass is 9.94. The third-order valence-corrected chi connectivity index (χ3v) is 4.51. The number of amides is 1. The molecule has 0 radical (unpaired) electrons. The van der Waals surface area contributed by atoms with Crippen LogP contribution in [0.3, 0.4) is 0 Å². The molecule has 2 rings (SSSR count). The van der Waals surface area contributed by atoms with Crippen LogP contribution in [0.4, 0.5) is 0 Å². The highest BCUT2D eigenvalue weighted by atomic mass is 16.2. The second-order valence-corrected chi connectivity index (χ2v) is 6.43. The molecule has 18 heavy (non-hydrogen) atoms. The van der Waals surface area contributed by atoms with Crippen molar-refractivity contribution in [2.45, 2.75) is 64.1 Å². The van der Waals surface area contributed by atoms with E-state index in [1.807, 2.05) is 6.92 Å². The molecule has 1 heterocycles. The normalized spacial score (nSPS) is 26.1. The van der Waals surface area contributed by atoms with Crippen molar-refractivity contribution in [3.8, 4) is 0 Å². The summed E-state index contributed by atoms with van der Waals surface area (Å²) in [7, 11) is 0. The van der Waals surface area contributed by atoms with Crippen molar-refractivity contribution in [1.82, 2.24) is 10.2 Å². The molecule has 0 spiro atoms. The van der Waals surface area contributed by atoms with E-state index >= 15 is 0 Å². The van der Waals surface area contributed by atoms with Crippen LogP contribution >= 0.6 is 0 Å². The monoisotopic (exact) mass is 253 g/mol. The Balaban J connectivity index is 1.79. The molecular formula is C14H27N3O. The lowest BCUT2D eigenvalue weighted by Gasteiger charge is -2.36. The number of nitrogens with one attached hydrogen (secondary N) is 1. The Bertz CT molecular complexity index is 302. The standard InChI is InChI=1S/C14H27N3O/c1-10(2)17-8-6-12(7-9-17)16-13(18)14(3,15)11-4-5-11/h10-12H,4-9,15H2,1-3H3,(H,16,18). The van der Waals surface area contributed by atoms with Crippen LogP contribution in [0.2, 0.25) is 0 Å². The second kappa shape index (κ2) is 5.17. The van der Waals surface area contributed by atoms with Gasteiger partial charge in [-0.3, -0.25) is 4.79 Å². The lowest BCUT2D eigenvalue weighted by Crippen LogP contribution is -2.57. The minimum absolute atomic E-state index is 0.0491. The zero-order valence-corrected chi connectivity index (χ0v) is 11.9. The number of piperidine rings is 1. The SMILES string of the molecule is CC(C)N1CCC(NC(=O)C(C)(N)C2CC2)CC1. The van der Waals surface area contributed by atoms with Crippen molar-refractivity contribution in [3.05, 3.63) is 0 Å². The highest BCUT2D eigenvalue weighted by molar-refractivity contribution is 5.86. The van der Waals surface area contributed by atoms with Gasteiger partial charge in [-0.2, -0.15) is 0 Å². The molecule has 2 aliphatic rings. The van der Waals surface area contributed by atoms with Gasteiger partial charge in [0.2, 0.25) is 5.91 Å². The Morgan fingerprint density at radius 2 is 1.83 bits per heavy atom. The van der Waals surface area contributed by atoms with Crippen molar-refractivity contribution in [2.75, 3.05) is 13.1 Å². The Hall–Kier alpha value is -0.610. The summed E-state index contributed by atoms with van der Waals surface area (Å²) in [6.45, 7) is 8.48. The summed E-state index contributed by atoms with van der Waals surface area (Å²) in [6.07, 6.45) is 4.30. The molecule has 3 N–H and O–H groups in total. The van der Waals surface area contributed by atoms with Crippen LogP contribution in [0.1, 0.15) is 46.5 Å². The highest BCUT2D eigenvalue weighted by Gasteiger charge is 2.44. The van der Waals surface area contributed by atoms with E-state index in [1.165, 1.54) is 0 Å². The van der Waals surface area contributed by atoms with Gasteiger partial charge in [-0.05, 0) is 52.4 Å². The summed E-state index contributed by atoms with van der Waals surface area (Å²) >= 11 is 0. The van der Waals surface area contributed by atoms with Crippen LogP contribution < -0.4 is 11.1 Å². The number of likely N-dealkylation sites (tertiary alicyclic amines) is 1. The number of rotatable bonds is 4. The molecule has 104 valence electrons. The highest BCUT2D eigenvalue weighted by Crippen LogP contribution is 2.38. The quantitative estimate of drug-likeness (QED) is 0.789. The minimum atomic E-state index is -0.658. The van der Waals surface area contributed by atoms with Crippen molar-refractivity contribution < 1.29 is 4.79 Å². The molecule has 1 saturated carbocycles. The van der Waals surface area contributed by atoms with Crippen LogP contribution in [0, 0.1) is 5.92 Å². The molecule has 0 bridgehead atoms. The maximum atomic E-state index is 12.2. The number of carbonyl (C=O) groups excluding carboxylic acids is 1. The average molecular weight is 253 g/mol. The summed E-state index contributed by atoms with van der Waals surface area (Å²) in [4.78, 5) is 14.6. The lowest BCUT2D eigenvalue weighted by molar-refractivity contribution is -0.127. The summed E-state index contributed by atoms with van der Waals surface area (Å²) in [5.41, 5.74) is 5.48. The molecule has 0 aromatic carbocycles. The van der Waals surface area contributed by atoms with E-state index in [9.17, 15) is 4.79 Å². The third kappa shape index (κ3) is 3.04. The van der Waals surface area contributed by atoms with E-state index < -0.39 is 5.54 Å². The number of carbonyl (C=O) groups is 1. The number of nitrogens with zero attached hydrogens (tertiary/aromatic N) is 1. The van der Waals surface area contributed by atoms with Gasteiger partial charge >= 0.3 is 0 Å². The molecule has 0 aromatic heterocycles. The van der Waals surface area contributed by atoms with Gasteiger partial charge in [0.25, 0.3) is 0 Å². The zero-order chi connectivity index (χ0) is 13.3. The van der Waals surface area contributed by atoms with E-state index in [0.29, 0.717) is 18.0 Å². The number of hydrogen-bond donors (Lipinski definition) is 2. The van der Waals surface area contributed by atoms with Gasteiger partial charge in [-0.1, -0.05) is 0 Å². The van der Waals surface area contributed by atoms with E-state index in [-0.39, 0.29) is 5.91 Å². The first kappa shape index (κ1) is 13.8. The first-order valence-electron chi connectivity index (χ1n) is 7.25. The van der Waals surface area contributed by atoms with Crippen LogP contribution in [0.5, 0.6) is 0 Å². The molecule has 1 aliphatic carbocycles. The molecule has 1 amide bonds. The first-order valence-corrected chi connectivity index (χ1v) is 7.25. The van der Waals surface area contributed by atoms with Gasteiger partial charge in [-0.15, -0.1) is 0 Å².